The molecule has 92 valence electrons. The van der Waals surface area contributed by atoms with E-state index in [0.29, 0.717) is 15.9 Å². The molecule has 2 rings (SSSR count). The number of carbonyl (C=O) groups excluding carboxylic acids is 1. The predicted octanol–water partition coefficient (Wildman–Crippen LogP) is 2.70. The first-order valence-electron chi connectivity index (χ1n) is 5.33. The van der Waals surface area contributed by atoms with Gasteiger partial charge in [-0.05, 0) is 52.3 Å². The van der Waals surface area contributed by atoms with Crippen LogP contribution in [0.4, 0.5) is 11.4 Å². The number of nitrogens with two attached hydrogens (primary N) is 1. The number of benzene rings is 1. The van der Waals surface area contributed by atoms with Crippen LogP contribution in [0.1, 0.15) is 10.5 Å². The summed E-state index contributed by atoms with van der Waals surface area (Å²) < 4.78 is 0.678. The van der Waals surface area contributed by atoms with Gasteiger partial charge in [0.1, 0.15) is 5.69 Å². The third-order valence-corrected chi connectivity index (χ3v) is 3.19. The Morgan fingerprint density at radius 2 is 1.94 bits per heavy atom. The number of hydrogen-bond donors (Lipinski definition) is 1. The number of halogens is 1. The second kappa shape index (κ2) is 5.18. The number of amides is 1. The van der Waals surface area contributed by atoms with Crippen molar-refractivity contribution in [3.8, 4) is 0 Å². The first kappa shape index (κ1) is 12.6. The molecule has 0 bridgehead atoms. The number of hydrogen-bond acceptors (Lipinski definition) is 3. The molecule has 0 aliphatic heterocycles. The van der Waals surface area contributed by atoms with Crippen molar-refractivity contribution in [2.75, 3.05) is 17.7 Å². The number of aromatic nitrogens is 1. The maximum absolute atomic E-state index is 12.3. The van der Waals surface area contributed by atoms with Gasteiger partial charge < -0.3 is 10.6 Å². The van der Waals surface area contributed by atoms with Crippen LogP contribution in [0.15, 0.2) is 47.1 Å². The summed E-state index contributed by atoms with van der Waals surface area (Å²) >= 11 is 3.32. The van der Waals surface area contributed by atoms with Gasteiger partial charge in [-0.2, -0.15) is 0 Å². The Hall–Kier alpha value is -1.88. The van der Waals surface area contributed by atoms with Crippen LogP contribution in [0, 0.1) is 0 Å². The van der Waals surface area contributed by atoms with Crippen LogP contribution in [-0.4, -0.2) is 17.9 Å². The molecule has 0 fully saturated rings. The molecular weight excluding hydrogens is 294 g/mol. The third kappa shape index (κ3) is 2.51. The maximum Gasteiger partial charge on any atom is 0.277 e. The first-order valence-corrected chi connectivity index (χ1v) is 6.13. The Morgan fingerprint density at radius 3 is 2.56 bits per heavy atom. The maximum atomic E-state index is 12.3. The van der Waals surface area contributed by atoms with Gasteiger partial charge in [0.05, 0.1) is 0 Å². The van der Waals surface area contributed by atoms with E-state index in [4.69, 9.17) is 5.73 Å². The van der Waals surface area contributed by atoms with E-state index in [1.807, 2.05) is 0 Å². The van der Waals surface area contributed by atoms with Crippen molar-refractivity contribution in [3.05, 3.63) is 52.8 Å². The van der Waals surface area contributed by atoms with E-state index in [1.54, 1.807) is 49.6 Å². The van der Waals surface area contributed by atoms with Gasteiger partial charge in [0.15, 0.2) is 0 Å². The summed E-state index contributed by atoms with van der Waals surface area (Å²) in [6.07, 6.45) is 1.59. The molecule has 0 aliphatic carbocycles. The van der Waals surface area contributed by atoms with Crippen molar-refractivity contribution in [3.63, 3.8) is 0 Å². The fourth-order valence-electron chi connectivity index (χ4n) is 1.52. The predicted molar refractivity (Wildman–Crippen MR) is 75.5 cm³/mol. The largest absolute Gasteiger partial charge is 0.399 e. The van der Waals surface area contributed by atoms with Gasteiger partial charge in [0, 0.05) is 29.1 Å². The normalized spacial score (nSPS) is 10.1. The highest BCUT2D eigenvalue weighted by Gasteiger charge is 2.17. The lowest BCUT2D eigenvalue weighted by atomic mass is 10.2. The zero-order valence-corrected chi connectivity index (χ0v) is 11.4. The zero-order chi connectivity index (χ0) is 13.1. The molecule has 0 aliphatic rings. The van der Waals surface area contributed by atoms with Crippen LogP contribution in [-0.2, 0) is 0 Å². The van der Waals surface area contributed by atoms with Crippen LogP contribution < -0.4 is 10.6 Å². The lowest BCUT2D eigenvalue weighted by Crippen LogP contribution is -2.27. The number of carbonyl (C=O) groups is 1. The number of anilines is 2. The zero-order valence-electron chi connectivity index (χ0n) is 9.80. The minimum atomic E-state index is -0.174. The Morgan fingerprint density at radius 1 is 1.28 bits per heavy atom. The molecule has 0 atom stereocenters. The van der Waals surface area contributed by atoms with Crippen molar-refractivity contribution >= 4 is 33.2 Å². The fourth-order valence-corrected chi connectivity index (χ4v) is 1.94. The monoisotopic (exact) mass is 305 g/mol. The van der Waals surface area contributed by atoms with Crippen molar-refractivity contribution in [2.24, 2.45) is 0 Å². The molecule has 1 amide bonds. The summed E-state index contributed by atoms with van der Waals surface area (Å²) in [6, 6.07) is 10.7. The van der Waals surface area contributed by atoms with E-state index in [-0.39, 0.29) is 5.91 Å². The highest BCUT2D eigenvalue weighted by atomic mass is 79.9. The summed E-state index contributed by atoms with van der Waals surface area (Å²) in [4.78, 5) is 17.9. The molecule has 0 radical (unpaired) electrons. The van der Waals surface area contributed by atoms with Crippen LogP contribution in [0.3, 0.4) is 0 Å². The van der Waals surface area contributed by atoms with Gasteiger partial charge in [0.2, 0.25) is 0 Å². The van der Waals surface area contributed by atoms with Crippen molar-refractivity contribution in [2.45, 2.75) is 0 Å². The average Bonchev–Trinajstić information content (AvgIpc) is 2.38. The SMILES string of the molecule is CN(C(=O)c1ncccc1Br)c1ccc(N)cc1. The second-order valence-corrected chi connectivity index (χ2v) is 4.64. The molecule has 2 N–H and O–H groups in total. The van der Waals surface area contributed by atoms with Gasteiger partial charge in [-0.3, -0.25) is 4.79 Å². The van der Waals surface area contributed by atoms with E-state index >= 15 is 0 Å². The number of nitrogens with zero attached hydrogens (tertiary/aromatic N) is 2. The topological polar surface area (TPSA) is 59.2 Å². The minimum absolute atomic E-state index is 0.174. The molecule has 2 aromatic rings. The lowest BCUT2D eigenvalue weighted by molar-refractivity contribution is 0.0987. The smallest absolute Gasteiger partial charge is 0.277 e. The third-order valence-electron chi connectivity index (χ3n) is 2.55. The summed E-state index contributed by atoms with van der Waals surface area (Å²) in [5.41, 5.74) is 7.44. The average molecular weight is 306 g/mol. The van der Waals surface area contributed by atoms with Crippen molar-refractivity contribution in [1.29, 1.82) is 0 Å². The van der Waals surface area contributed by atoms with Crippen LogP contribution in [0.5, 0.6) is 0 Å². The van der Waals surface area contributed by atoms with E-state index < -0.39 is 0 Å². The highest BCUT2D eigenvalue weighted by molar-refractivity contribution is 9.10. The minimum Gasteiger partial charge on any atom is -0.399 e. The lowest BCUT2D eigenvalue weighted by Gasteiger charge is -2.17. The number of rotatable bonds is 2. The Kier molecular flexibility index (Phi) is 3.62. The molecule has 1 heterocycles. The standard InChI is InChI=1S/C13H12BrN3O/c1-17(10-6-4-9(15)5-7-10)13(18)12-11(14)3-2-8-16-12/h2-8H,15H2,1H3. The molecule has 5 heteroatoms. The van der Waals surface area contributed by atoms with E-state index in [2.05, 4.69) is 20.9 Å². The summed E-state index contributed by atoms with van der Waals surface area (Å²) in [5, 5.41) is 0. The van der Waals surface area contributed by atoms with E-state index in [1.165, 1.54) is 4.90 Å². The van der Waals surface area contributed by atoms with Gasteiger partial charge in [-0.1, -0.05) is 0 Å². The number of pyridine rings is 1. The Balaban J connectivity index is 2.29. The molecule has 1 aromatic carbocycles. The quantitative estimate of drug-likeness (QED) is 0.868. The second-order valence-electron chi connectivity index (χ2n) is 3.79. The van der Waals surface area contributed by atoms with Crippen molar-refractivity contribution in [1.82, 2.24) is 4.98 Å². The van der Waals surface area contributed by atoms with Gasteiger partial charge in [-0.25, -0.2) is 4.98 Å². The van der Waals surface area contributed by atoms with E-state index in [0.717, 1.165) is 5.69 Å². The molecule has 0 saturated carbocycles. The molecule has 0 unspecified atom stereocenters. The van der Waals surface area contributed by atoms with Gasteiger partial charge in [0.25, 0.3) is 5.91 Å². The highest BCUT2D eigenvalue weighted by Crippen LogP contribution is 2.20. The molecule has 4 nitrogen and oxygen atoms in total. The Labute approximate surface area is 114 Å². The fraction of sp³-hybridized carbons (Fsp3) is 0.0769. The number of nitrogen functional groups attached to an aromatic ring is 1. The van der Waals surface area contributed by atoms with Crippen LogP contribution >= 0.6 is 15.9 Å². The van der Waals surface area contributed by atoms with Gasteiger partial charge >= 0.3 is 0 Å². The first-order chi connectivity index (χ1) is 8.59. The summed E-state index contributed by atoms with van der Waals surface area (Å²) in [6.45, 7) is 0. The Bertz CT molecular complexity index is 569. The molecule has 18 heavy (non-hydrogen) atoms. The summed E-state index contributed by atoms with van der Waals surface area (Å²) in [7, 11) is 1.70. The molecule has 0 saturated heterocycles. The van der Waals surface area contributed by atoms with Crippen LogP contribution in [0.25, 0.3) is 0 Å². The molecule has 0 spiro atoms. The van der Waals surface area contributed by atoms with Gasteiger partial charge in [-0.15, -0.1) is 0 Å². The van der Waals surface area contributed by atoms with E-state index in [9.17, 15) is 4.79 Å². The van der Waals surface area contributed by atoms with Crippen LogP contribution in [0.2, 0.25) is 0 Å². The molecule has 1 aromatic heterocycles. The van der Waals surface area contributed by atoms with Crippen molar-refractivity contribution < 1.29 is 4.79 Å². The summed E-state index contributed by atoms with van der Waals surface area (Å²) in [5.74, 6) is -0.174. The molecular formula is C13H12BrN3O.